The van der Waals surface area contributed by atoms with E-state index in [0.717, 1.165) is 0 Å². The molecule has 6 heteroatoms. The number of carbonyl (C=O) groups excluding carboxylic acids is 1. The normalized spacial score (nSPS) is 10.6. The first-order valence-electron chi connectivity index (χ1n) is 5.10. The lowest BCUT2D eigenvalue weighted by atomic mass is 10.2. The van der Waals surface area contributed by atoms with Gasteiger partial charge >= 0.3 is 5.97 Å². The van der Waals surface area contributed by atoms with Crippen molar-refractivity contribution < 1.29 is 14.3 Å². The average molecular weight is 291 g/mol. The Morgan fingerprint density at radius 3 is 2.81 bits per heavy atom. The highest BCUT2D eigenvalue weighted by atomic mass is 79.9. The molecule has 0 saturated carbocycles. The standard InChI is InChI=1S/C10H15BrN2O3/c1-4-15-10(14)8-7(11)9(13-12-8)16-5-6(2)3/h6H,4-5H2,1-3H3,(H,12,13). The molecule has 0 radical (unpaired) electrons. The van der Waals surface area contributed by atoms with E-state index in [4.69, 9.17) is 9.47 Å². The fraction of sp³-hybridized carbons (Fsp3) is 0.600. The number of rotatable bonds is 5. The molecule has 0 atom stereocenters. The zero-order chi connectivity index (χ0) is 12.1. The molecule has 1 rings (SSSR count). The van der Waals surface area contributed by atoms with E-state index in [1.807, 2.05) is 13.8 Å². The smallest absolute Gasteiger partial charge is 0.357 e. The number of aromatic nitrogens is 2. The highest BCUT2D eigenvalue weighted by Crippen LogP contribution is 2.26. The van der Waals surface area contributed by atoms with Crippen LogP contribution in [0.25, 0.3) is 0 Å². The van der Waals surface area contributed by atoms with E-state index in [9.17, 15) is 4.79 Å². The molecule has 1 heterocycles. The van der Waals surface area contributed by atoms with E-state index in [-0.39, 0.29) is 5.69 Å². The van der Waals surface area contributed by atoms with Crippen LogP contribution in [0.2, 0.25) is 0 Å². The van der Waals surface area contributed by atoms with Gasteiger partial charge in [-0.15, -0.1) is 5.10 Å². The van der Waals surface area contributed by atoms with Crippen molar-refractivity contribution in [3.63, 3.8) is 0 Å². The molecule has 0 spiro atoms. The molecule has 1 aromatic rings. The second-order valence-electron chi connectivity index (χ2n) is 3.64. The molecular formula is C10H15BrN2O3. The van der Waals surface area contributed by atoms with E-state index in [1.165, 1.54) is 0 Å². The second-order valence-corrected chi connectivity index (χ2v) is 4.44. The number of esters is 1. The number of carbonyl (C=O) groups is 1. The molecule has 1 aromatic heterocycles. The van der Waals surface area contributed by atoms with Gasteiger partial charge in [0, 0.05) is 0 Å². The topological polar surface area (TPSA) is 64.2 Å². The first-order chi connectivity index (χ1) is 7.56. The fourth-order valence-electron chi connectivity index (χ4n) is 0.992. The molecule has 0 amide bonds. The Hall–Kier alpha value is -1.04. The Balaban J connectivity index is 2.72. The van der Waals surface area contributed by atoms with Crippen LogP contribution in [0.15, 0.2) is 4.47 Å². The fourth-order valence-corrected chi connectivity index (χ4v) is 1.45. The molecule has 0 bridgehead atoms. The van der Waals surface area contributed by atoms with Crippen LogP contribution >= 0.6 is 15.9 Å². The third-order valence-corrected chi connectivity index (χ3v) is 2.45. The van der Waals surface area contributed by atoms with Gasteiger partial charge in [-0.3, -0.25) is 5.10 Å². The average Bonchev–Trinajstić information content (AvgIpc) is 2.57. The monoisotopic (exact) mass is 290 g/mol. The van der Waals surface area contributed by atoms with Gasteiger partial charge in [-0.25, -0.2) is 4.79 Å². The maximum atomic E-state index is 11.4. The van der Waals surface area contributed by atoms with Crippen molar-refractivity contribution in [3.8, 4) is 5.88 Å². The molecule has 0 aromatic carbocycles. The summed E-state index contributed by atoms with van der Waals surface area (Å²) < 4.78 is 10.8. The zero-order valence-corrected chi connectivity index (χ0v) is 11.1. The molecule has 0 saturated heterocycles. The summed E-state index contributed by atoms with van der Waals surface area (Å²) >= 11 is 3.25. The zero-order valence-electron chi connectivity index (χ0n) is 9.54. The summed E-state index contributed by atoms with van der Waals surface area (Å²) in [7, 11) is 0. The van der Waals surface area contributed by atoms with Crippen LogP contribution in [-0.4, -0.2) is 29.4 Å². The molecule has 5 nitrogen and oxygen atoms in total. The molecule has 0 aliphatic heterocycles. The van der Waals surface area contributed by atoms with E-state index in [0.29, 0.717) is 29.5 Å². The Labute approximate surface area is 103 Å². The largest absolute Gasteiger partial charge is 0.476 e. The summed E-state index contributed by atoms with van der Waals surface area (Å²) in [4.78, 5) is 11.4. The minimum Gasteiger partial charge on any atom is -0.476 e. The van der Waals surface area contributed by atoms with Crippen LogP contribution in [0.4, 0.5) is 0 Å². The molecule has 0 aliphatic carbocycles. The van der Waals surface area contributed by atoms with Crippen LogP contribution in [0.3, 0.4) is 0 Å². The lowest BCUT2D eigenvalue weighted by Gasteiger charge is -2.05. The van der Waals surface area contributed by atoms with Crippen molar-refractivity contribution in [2.24, 2.45) is 5.92 Å². The first-order valence-corrected chi connectivity index (χ1v) is 5.89. The molecular weight excluding hydrogens is 276 g/mol. The first kappa shape index (κ1) is 13.0. The number of halogens is 1. The van der Waals surface area contributed by atoms with E-state index in [2.05, 4.69) is 26.1 Å². The Morgan fingerprint density at radius 1 is 1.56 bits per heavy atom. The molecule has 0 fully saturated rings. The van der Waals surface area contributed by atoms with Gasteiger partial charge in [-0.05, 0) is 28.8 Å². The van der Waals surface area contributed by atoms with Gasteiger partial charge < -0.3 is 9.47 Å². The predicted molar refractivity (Wildman–Crippen MR) is 62.6 cm³/mol. The number of H-pyrrole nitrogens is 1. The minimum atomic E-state index is -0.443. The quantitative estimate of drug-likeness (QED) is 0.846. The number of ether oxygens (including phenoxy) is 2. The van der Waals surface area contributed by atoms with Crippen molar-refractivity contribution in [1.82, 2.24) is 10.2 Å². The summed E-state index contributed by atoms with van der Waals surface area (Å²) in [6, 6.07) is 0. The summed E-state index contributed by atoms with van der Waals surface area (Å²) in [5.41, 5.74) is 0.278. The molecule has 16 heavy (non-hydrogen) atoms. The molecule has 0 aliphatic rings. The Bertz CT molecular complexity index is 363. The molecule has 1 N–H and O–H groups in total. The van der Waals surface area contributed by atoms with Crippen LogP contribution in [0.1, 0.15) is 31.3 Å². The number of hydrogen-bond acceptors (Lipinski definition) is 4. The third-order valence-electron chi connectivity index (χ3n) is 1.71. The van der Waals surface area contributed by atoms with Gasteiger partial charge in [0.2, 0.25) is 5.88 Å². The van der Waals surface area contributed by atoms with Gasteiger partial charge in [0.05, 0.1) is 13.2 Å². The maximum Gasteiger partial charge on any atom is 0.357 e. The molecule has 90 valence electrons. The lowest BCUT2D eigenvalue weighted by molar-refractivity contribution is 0.0518. The Morgan fingerprint density at radius 2 is 2.25 bits per heavy atom. The SMILES string of the molecule is CCOC(=O)c1[nH]nc(OCC(C)C)c1Br. The third kappa shape index (κ3) is 3.23. The summed E-state index contributed by atoms with van der Waals surface area (Å²) in [5, 5.41) is 6.48. The van der Waals surface area contributed by atoms with Gasteiger partial charge in [-0.1, -0.05) is 13.8 Å². The maximum absolute atomic E-state index is 11.4. The van der Waals surface area contributed by atoms with Gasteiger partial charge in [0.1, 0.15) is 4.47 Å². The number of aromatic amines is 1. The van der Waals surface area contributed by atoms with Crippen LogP contribution in [0, 0.1) is 5.92 Å². The summed E-state index contributed by atoms with van der Waals surface area (Å²) in [6.07, 6.45) is 0. The van der Waals surface area contributed by atoms with Gasteiger partial charge in [0.15, 0.2) is 5.69 Å². The summed E-state index contributed by atoms with van der Waals surface area (Å²) in [6.45, 7) is 6.69. The van der Waals surface area contributed by atoms with E-state index in [1.54, 1.807) is 6.92 Å². The lowest BCUT2D eigenvalue weighted by Crippen LogP contribution is -2.06. The van der Waals surface area contributed by atoms with E-state index >= 15 is 0 Å². The number of nitrogens with one attached hydrogen (secondary N) is 1. The van der Waals surface area contributed by atoms with E-state index < -0.39 is 5.97 Å². The molecule has 0 unspecified atom stereocenters. The highest BCUT2D eigenvalue weighted by Gasteiger charge is 2.19. The van der Waals surface area contributed by atoms with Crippen LogP contribution in [0.5, 0.6) is 5.88 Å². The van der Waals surface area contributed by atoms with Crippen molar-refractivity contribution in [2.75, 3.05) is 13.2 Å². The van der Waals surface area contributed by atoms with Crippen molar-refractivity contribution in [3.05, 3.63) is 10.2 Å². The predicted octanol–water partition coefficient (Wildman–Crippen LogP) is 2.38. The minimum absolute atomic E-state index is 0.278. The number of nitrogens with zero attached hydrogens (tertiary/aromatic N) is 1. The second kappa shape index (κ2) is 5.89. The highest BCUT2D eigenvalue weighted by molar-refractivity contribution is 9.10. The number of hydrogen-bond donors (Lipinski definition) is 1. The summed E-state index contributed by atoms with van der Waals surface area (Å²) in [5.74, 6) is 0.340. The van der Waals surface area contributed by atoms with Crippen LogP contribution in [-0.2, 0) is 4.74 Å². The Kier molecular flexibility index (Phi) is 4.79. The van der Waals surface area contributed by atoms with Gasteiger partial charge in [-0.2, -0.15) is 0 Å². The van der Waals surface area contributed by atoms with Crippen molar-refractivity contribution >= 4 is 21.9 Å². The van der Waals surface area contributed by atoms with Crippen molar-refractivity contribution in [2.45, 2.75) is 20.8 Å². The van der Waals surface area contributed by atoms with Gasteiger partial charge in [0.25, 0.3) is 0 Å². The van der Waals surface area contributed by atoms with Crippen LogP contribution < -0.4 is 4.74 Å². The van der Waals surface area contributed by atoms with Crippen molar-refractivity contribution in [1.29, 1.82) is 0 Å².